The number of benzene rings is 3. The molecule has 30 heavy (non-hydrogen) atoms. The normalized spacial score (nSPS) is 10.7. The number of carbonyl (C=O) groups is 1. The number of amides is 1. The smallest absolute Gasteiger partial charge is 0.251 e. The van der Waals surface area contributed by atoms with E-state index in [-0.39, 0.29) is 5.91 Å². The highest BCUT2D eigenvalue weighted by Crippen LogP contribution is 2.28. The maximum absolute atomic E-state index is 12.7. The van der Waals surface area contributed by atoms with E-state index < -0.39 is 0 Å². The van der Waals surface area contributed by atoms with E-state index in [4.69, 9.17) is 9.47 Å². The predicted molar refractivity (Wildman–Crippen MR) is 120 cm³/mol. The third kappa shape index (κ3) is 5.19. The molecule has 0 radical (unpaired) electrons. The van der Waals surface area contributed by atoms with Crippen LogP contribution in [0.15, 0.2) is 66.7 Å². The van der Waals surface area contributed by atoms with E-state index in [2.05, 4.69) is 54.6 Å². The van der Waals surface area contributed by atoms with Crippen LogP contribution in [-0.4, -0.2) is 39.1 Å². The number of nitrogens with one attached hydrogen (secondary N) is 1. The summed E-state index contributed by atoms with van der Waals surface area (Å²) in [6, 6.07) is 21.8. The molecule has 0 unspecified atom stereocenters. The molecule has 0 aliphatic heterocycles. The van der Waals surface area contributed by atoms with Crippen molar-refractivity contribution in [3.63, 3.8) is 0 Å². The molecular formula is C25H28N2O3. The van der Waals surface area contributed by atoms with Crippen LogP contribution in [0.1, 0.15) is 21.5 Å². The molecule has 3 aromatic rings. The van der Waals surface area contributed by atoms with Crippen molar-refractivity contribution in [3.8, 4) is 22.6 Å². The van der Waals surface area contributed by atoms with Gasteiger partial charge < -0.3 is 19.7 Å². The molecule has 1 N–H and O–H groups in total. The summed E-state index contributed by atoms with van der Waals surface area (Å²) in [7, 11) is 7.25. The summed E-state index contributed by atoms with van der Waals surface area (Å²) in [5.41, 5.74) is 5.10. The van der Waals surface area contributed by atoms with E-state index in [1.54, 1.807) is 32.4 Å². The fourth-order valence-corrected chi connectivity index (χ4v) is 3.37. The first-order valence-corrected chi connectivity index (χ1v) is 9.84. The Labute approximate surface area is 178 Å². The topological polar surface area (TPSA) is 50.8 Å². The molecule has 5 heteroatoms. The second-order valence-electron chi connectivity index (χ2n) is 7.34. The zero-order valence-corrected chi connectivity index (χ0v) is 17.9. The fourth-order valence-electron chi connectivity index (χ4n) is 3.37. The van der Waals surface area contributed by atoms with E-state index in [9.17, 15) is 4.79 Å². The summed E-state index contributed by atoms with van der Waals surface area (Å²) in [6.07, 6.45) is 0. The van der Waals surface area contributed by atoms with Gasteiger partial charge in [-0.25, -0.2) is 0 Å². The van der Waals surface area contributed by atoms with Crippen LogP contribution >= 0.6 is 0 Å². The molecule has 156 valence electrons. The van der Waals surface area contributed by atoms with Crippen molar-refractivity contribution in [2.24, 2.45) is 0 Å². The predicted octanol–water partition coefficient (Wildman–Crippen LogP) is 4.36. The number of hydrogen-bond donors (Lipinski definition) is 1. The molecule has 0 heterocycles. The van der Waals surface area contributed by atoms with Crippen LogP contribution in [0.3, 0.4) is 0 Å². The number of hydrogen-bond acceptors (Lipinski definition) is 4. The lowest BCUT2D eigenvalue weighted by atomic mass is 9.98. The van der Waals surface area contributed by atoms with Crippen molar-refractivity contribution in [1.29, 1.82) is 0 Å². The highest BCUT2D eigenvalue weighted by molar-refractivity contribution is 5.95. The first kappa shape index (κ1) is 21.4. The highest BCUT2D eigenvalue weighted by atomic mass is 16.5. The molecule has 0 aromatic heterocycles. The fraction of sp³-hybridized carbons (Fsp3) is 0.240. The second kappa shape index (κ2) is 9.94. The van der Waals surface area contributed by atoms with Crippen molar-refractivity contribution in [2.75, 3.05) is 28.3 Å². The molecule has 0 aliphatic carbocycles. The molecule has 0 atom stereocenters. The zero-order chi connectivity index (χ0) is 21.5. The van der Waals surface area contributed by atoms with Crippen molar-refractivity contribution in [2.45, 2.75) is 13.1 Å². The van der Waals surface area contributed by atoms with Crippen LogP contribution in [-0.2, 0) is 13.1 Å². The molecule has 3 rings (SSSR count). The van der Waals surface area contributed by atoms with Gasteiger partial charge in [-0.15, -0.1) is 0 Å². The molecule has 5 nitrogen and oxygen atoms in total. The number of carbonyl (C=O) groups excluding carboxylic acids is 1. The largest absolute Gasteiger partial charge is 0.493 e. The summed E-state index contributed by atoms with van der Waals surface area (Å²) < 4.78 is 10.5. The highest BCUT2D eigenvalue weighted by Gasteiger charge is 2.12. The zero-order valence-electron chi connectivity index (χ0n) is 17.9. The Bertz CT molecular complexity index is 998. The minimum absolute atomic E-state index is 0.160. The molecule has 0 bridgehead atoms. The average molecular weight is 405 g/mol. The van der Waals surface area contributed by atoms with Crippen LogP contribution in [0, 0.1) is 0 Å². The van der Waals surface area contributed by atoms with Crippen molar-refractivity contribution in [1.82, 2.24) is 10.2 Å². The summed E-state index contributed by atoms with van der Waals surface area (Å²) in [5.74, 6) is 0.965. The van der Waals surface area contributed by atoms with Gasteiger partial charge in [0.25, 0.3) is 5.91 Å². The Balaban J connectivity index is 1.74. The van der Waals surface area contributed by atoms with Gasteiger partial charge in [0.2, 0.25) is 0 Å². The average Bonchev–Trinajstić information content (AvgIpc) is 2.77. The first-order valence-electron chi connectivity index (χ1n) is 9.84. The summed E-state index contributed by atoms with van der Waals surface area (Å²) in [6.45, 7) is 1.34. The third-order valence-corrected chi connectivity index (χ3v) is 4.87. The lowest BCUT2D eigenvalue weighted by Gasteiger charge is -2.14. The first-order chi connectivity index (χ1) is 14.5. The van der Waals surface area contributed by atoms with Crippen LogP contribution in [0.5, 0.6) is 11.5 Å². The molecule has 0 saturated heterocycles. The maximum Gasteiger partial charge on any atom is 0.251 e. The standard InChI is InChI=1S/C25H28N2O3/c1-27(2)17-18-9-11-19(12-10-18)22-8-6-5-7-21(22)16-26-25(28)20-13-14-23(29-3)24(15-20)30-4/h5-15H,16-17H2,1-4H3,(H,26,28). The van der Waals surface area contributed by atoms with Crippen LogP contribution in [0.4, 0.5) is 0 Å². The molecule has 0 saturated carbocycles. The van der Waals surface area contributed by atoms with Gasteiger partial charge in [0, 0.05) is 18.7 Å². The summed E-state index contributed by atoms with van der Waals surface area (Å²) in [5, 5.41) is 3.01. The van der Waals surface area contributed by atoms with Gasteiger partial charge in [0.1, 0.15) is 0 Å². The number of methoxy groups -OCH3 is 2. The van der Waals surface area contributed by atoms with Crippen LogP contribution in [0.2, 0.25) is 0 Å². The number of rotatable bonds is 8. The Kier molecular flexibility index (Phi) is 7.09. The SMILES string of the molecule is COc1ccc(C(=O)NCc2ccccc2-c2ccc(CN(C)C)cc2)cc1OC. The van der Waals surface area contributed by atoms with Crippen molar-refractivity contribution in [3.05, 3.63) is 83.4 Å². The Morgan fingerprint density at radius 2 is 1.60 bits per heavy atom. The van der Waals surface area contributed by atoms with Gasteiger partial charge in [0.05, 0.1) is 14.2 Å². The van der Waals surface area contributed by atoms with Crippen LogP contribution < -0.4 is 14.8 Å². The Morgan fingerprint density at radius 3 is 2.27 bits per heavy atom. The summed E-state index contributed by atoms with van der Waals surface area (Å²) >= 11 is 0. The minimum atomic E-state index is -0.160. The number of nitrogens with zero attached hydrogens (tertiary/aromatic N) is 1. The van der Waals surface area contributed by atoms with Crippen molar-refractivity contribution >= 4 is 5.91 Å². The molecule has 0 aliphatic rings. The van der Waals surface area contributed by atoms with Gasteiger partial charge in [0.15, 0.2) is 11.5 Å². The number of ether oxygens (including phenoxy) is 2. The van der Waals surface area contributed by atoms with E-state index in [0.717, 1.165) is 23.2 Å². The Morgan fingerprint density at radius 1 is 0.900 bits per heavy atom. The van der Waals surface area contributed by atoms with Gasteiger partial charge in [-0.1, -0.05) is 48.5 Å². The van der Waals surface area contributed by atoms with Gasteiger partial charge in [-0.05, 0) is 54.5 Å². The molecule has 3 aromatic carbocycles. The van der Waals surface area contributed by atoms with E-state index >= 15 is 0 Å². The van der Waals surface area contributed by atoms with E-state index in [1.807, 2.05) is 18.2 Å². The maximum atomic E-state index is 12.7. The van der Waals surface area contributed by atoms with Crippen molar-refractivity contribution < 1.29 is 14.3 Å². The van der Waals surface area contributed by atoms with Gasteiger partial charge in [-0.2, -0.15) is 0 Å². The van der Waals surface area contributed by atoms with Crippen LogP contribution in [0.25, 0.3) is 11.1 Å². The lowest BCUT2D eigenvalue weighted by Crippen LogP contribution is -2.23. The molecule has 0 spiro atoms. The van der Waals surface area contributed by atoms with Gasteiger partial charge >= 0.3 is 0 Å². The van der Waals surface area contributed by atoms with E-state index in [0.29, 0.717) is 23.6 Å². The molecule has 0 fully saturated rings. The molecule has 1 amide bonds. The van der Waals surface area contributed by atoms with Gasteiger partial charge in [-0.3, -0.25) is 4.79 Å². The monoisotopic (exact) mass is 404 g/mol. The third-order valence-electron chi connectivity index (χ3n) is 4.87. The summed E-state index contributed by atoms with van der Waals surface area (Å²) in [4.78, 5) is 14.8. The lowest BCUT2D eigenvalue weighted by molar-refractivity contribution is 0.0950. The quantitative estimate of drug-likeness (QED) is 0.606. The Hall–Kier alpha value is -3.31. The van der Waals surface area contributed by atoms with E-state index in [1.165, 1.54) is 5.56 Å². The minimum Gasteiger partial charge on any atom is -0.493 e. The molecular weight excluding hydrogens is 376 g/mol. The second-order valence-corrected chi connectivity index (χ2v) is 7.34.